The first-order valence-corrected chi connectivity index (χ1v) is 12.9. The molecule has 1 aliphatic rings. The van der Waals surface area contributed by atoms with E-state index >= 15 is 0 Å². The van der Waals surface area contributed by atoms with E-state index < -0.39 is 17.8 Å². The Bertz CT molecular complexity index is 1640. The third-order valence-electron chi connectivity index (χ3n) is 7.11. The van der Waals surface area contributed by atoms with Crippen molar-refractivity contribution in [3.05, 3.63) is 118 Å². The molecule has 2 aromatic carbocycles. The molecule has 40 heavy (non-hydrogen) atoms. The third-order valence-corrected chi connectivity index (χ3v) is 7.11. The van der Waals surface area contributed by atoms with E-state index in [0.29, 0.717) is 11.1 Å². The summed E-state index contributed by atoms with van der Waals surface area (Å²) in [7, 11) is 0. The van der Waals surface area contributed by atoms with Gasteiger partial charge in [-0.15, -0.1) is 0 Å². The van der Waals surface area contributed by atoms with Gasteiger partial charge in [0.25, 0.3) is 5.91 Å². The largest absolute Gasteiger partial charge is 0.433 e. The molecule has 2 N–H and O–H groups in total. The fourth-order valence-electron chi connectivity index (χ4n) is 4.89. The molecule has 1 atom stereocenters. The predicted octanol–water partition coefficient (Wildman–Crippen LogP) is 6.73. The molecule has 0 spiro atoms. The lowest BCUT2D eigenvalue weighted by atomic mass is 9.96. The van der Waals surface area contributed by atoms with Crippen LogP contribution in [0, 0.1) is 31.0 Å². The minimum Gasteiger partial charge on any atom is -0.345 e. The number of aryl methyl sites for hydroxylation is 2. The number of nitrogens with zero attached hydrogens (tertiary/aromatic N) is 2. The summed E-state index contributed by atoms with van der Waals surface area (Å²) in [6, 6.07) is 15.3. The first-order valence-electron chi connectivity index (χ1n) is 12.9. The van der Waals surface area contributed by atoms with Crippen molar-refractivity contribution in [1.82, 2.24) is 14.9 Å². The maximum atomic E-state index is 13.9. The van der Waals surface area contributed by atoms with E-state index in [1.54, 1.807) is 48.0 Å². The Morgan fingerprint density at radius 1 is 1.10 bits per heavy atom. The van der Waals surface area contributed by atoms with Crippen LogP contribution in [0.25, 0.3) is 11.1 Å². The topological polar surface area (TPSA) is 70.8 Å². The predicted molar refractivity (Wildman–Crippen MR) is 143 cm³/mol. The number of aromatic nitrogens is 2. The second-order valence-electron chi connectivity index (χ2n) is 10.3. The van der Waals surface area contributed by atoms with Gasteiger partial charge in [0, 0.05) is 30.1 Å². The van der Waals surface area contributed by atoms with Gasteiger partial charge in [0.2, 0.25) is 0 Å². The van der Waals surface area contributed by atoms with Crippen LogP contribution < -0.4 is 10.8 Å². The summed E-state index contributed by atoms with van der Waals surface area (Å²) in [5.41, 5.74) is 2.15. The molecule has 1 fully saturated rings. The van der Waals surface area contributed by atoms with Crippen LogP contribution in [-0.2, 0) is 12.7 Å². The molecule has 4 aromatic rings. The highest BCUT2D eigenvalue weighted by Gasteiger charge is 2.36. The van der Waals surface area contributed by atoms with Gasteiger partial charge in [0.1, 0.15) is 11.3 Å². The second-order valence-corrected chi connectivity index (χ2v) is 10.3. The highest BCUT2D eigenvalue weighted by Crippen LogP contribution is 2.42. The molecule has 206 valence electrons. The van der Waals surface area contributed by atoms with Crippen molar-refractivity contribution in [3.8, 4) is 11.1 Å². The summed E-state index contributed by atoms with van der Waals surface area (Å²) >= 11 is 0. The number of halogens is 4. The minimum absolute atomic E-state index is 0.140. The number of pyridine rings is 2. The highest BCUT2D eigenvalue weighted by atomic mass is 19.4. The number of rotatable bonds is 7. The monoisotopic (exact) mass is 548 g/mol. The van der Waals surface area contributed by atoms with Gasteiger partial charge in [-0.1, -0.05) is 18.2 Å². The van der Waals surface area contributed by atoms with Gasteiger partial charge in [-0.2, -0.15) is 13.2 Å². The number of amides is 1. The molecule has 9 heteroatoms. The van der Waals surface area contributed by atoms with Gasteiger partial charge >= 0.3 is 6.18 Å². The van der Waals surface area contributed by atoms with Crippen LogP contribution in [0.4, 0.5) is 17.6 Å². The third kappa shape index (κ3) is 5.98. The molecular weight excluding hydrogens is 520 g/mol. The number of hydrogen-bond acceptors (Lipinski definition) is 3. The summed E-state index contributed by atoms with van der Waals surface area (Å²) in [6.45, 7) is 3.71. The SMILES string of the molecule is Cc1ccn(Cc2cc(C(=O)N[C@H](c3ccc(F)c(C)c3)C3CC3)cc(-c3cccnc3C(F)(F)F)c2)c(=N)c1. The molecule has 2 heterocycles. The standard InChI is InChI=1S/C31H28F4N4O/c1-18-9-11-39(27(36)12-18)17-20-14-23(25-4-3-10-37-29(25)31(33,34)35)16-24(15-20)30(40)38-28(21-5-6-21)22-7-8-26(32)19(2)13-22/h3-4,7-16,21,28,36H,5-6,17H2,1-2H3,(H,38,40)/t28-/m0/s1. The van der Waals surface area contributed by atoms with Crippen molar-refractivity contribution in [3.63, 3.8) is 0 Å². The van der Waals surface area contributed by atoms with Gasteiger partial charge in [-0.05, 0) is 103 Å². The van der Waals surface area contributed by atoms with Gasteiger partial charge in [-0.25, -0.2) is 4.39 Å². The Morgan fingerprint density at radius 2 is 1.88 bits per heavy atom. The number of alkyl halides is 3. The Morgan fingerprint density at radius 3 is 2.55 bits per heavy atom. The lowest BCUT2D eigenvalue weighted by Gasteiger charge is -2.21. The zero-order valence-corrected chi connectivity index (χ0v) is 22.0. The lowest BCUT2D eigenvalue weighted by Crippen LogP contribution is -2.30. The van der Waals surface area contributed by atoms with Crippen LogP contribution in [0.2, 0.25) is 0 Å². The van der Waals surface area contributed by atoms with Crippen molar-refractivity contribution in [1.29, 1.82) is 5.41 Å². The molecule has 0 unspecified atom stereocenters. The number of carbonyl (C=O) groups is 1. The van der Waals surface area contributed by atoms with E-state index in [1.165, 1.54) is 24.3 Å². The summed E-state index contributed by atoms with van der Waals surface area (Å²) in [4.78, 5) is 17.2. The summed E-state index contributed by atoms with van der Waals surface area (Å²) in [5.74, 6) is -0.582. The Hall–Kier alpha value is -4.27. The molecule has 5 rings (SSSR count). The zero-order chi connectivity index (χ0) is 28.6. The highest BCUT2D eigenvalue weighted by molar-refractivity contribution is 5.96. The normalized spacial score (nSPS) is 14.2. The minimum atomic E-state index is -4.69. The number of benzene rings is 2. The summed E-state index contributed by atoms with van der Waals surface area (Å²) < 4.78 is 57.1. The fraction of sp³-hybridized carbons (Fsp3) is 0.258. The van der Waals surface area contributed by atoms with Crippen molar-refractivity contribution in [2.24, 2.45) is 5.92 Å². The van der Waals surface area contributed by atoms with Crippen LogP contribution in [0.15, 0.2) is 73.1 Å². The van der Waals surface area contributed by atoms with Gasteiger partial charge in [-0.3, -0.25) is 15.2 Å². The molecule has 1 amide bonds. The van der Waals surface area contributed by atoms with E-state index in [4.69, 9.17) is 5.41 Å². The lowest BCUT2D eigenvalue weighted by molar-refractivity contribution is -0.140. The molecule has 1 aliphatic carbocycles. The van der Waals surface area contributed by atoms with Crippen molar-refractivity contribution < 1.29 is 22.4 Å². The molecule has 0 bridgehead atoms. The van der Waals surface area contributed by atoms with E-state index in [-0.39, 0.29) is 46.5 Å². The average molecular weight is 549 g/mol. The second kappa shape index (κ2) is 10.7. The van der Waals surface area contributed by atoms with Crippen LogP contribution in [0.1, 0.15) is 57.2 Å². The van der Waals surface area contributed by atoms with Gasteiger partial charge < -0.3 is 9.88 Å². The first kappa shape index (κ1) is 27.3. The maximum absolute atomic E-state index is 13.9. The number of hydrogen-bond donors (Lipinski definition) is 2. The van der Waals surface area contributed by atoms with E-state index in [1.807, 2.05) is 13.0 Å². The summed E-state index contributed by atoms with van der Waals surface area (Å²) in [5, 5.41) is 11.4. The van der Waals surface area contributed by atoms with Gasteiger partial charge in [0.15, 0.2) is 5.69 Å². The smallest absolute Gasteiger partial charge is 0.345 e. The molecule has 0 aliphatic heterocycles. The van der Waals surface area contributed by atoms with Crippen LogP contribution in [0.3, 0.4) is 0 Å². The van der Waals surface area contributed by atoms with Crippen LogP contribution >= 0.6 is 0 Å². The zero-order valence-electron chi connectivity index (χ0n) is 22.0. The fourth-order valence-corrected chi connectivity index (χ4v) is 4.89. The van der Waals surface area contributed by atoms with Crippen LogP contribution in [-0.4, -0.2) is 15.5 Å². The van der Waals surface area contributed by atoms with E-state index in [0.717, 1.165) is 30.2 Å². The molecule has 5 nitrogen and oxygen atoms in total. The molecule has 0 saturated heterocycles. The van der Waals surface area contributed by atoms with E-state index in [2.05, 4.69) is 10.3 Å². The molecule has 1 saturated carbocycles. The first-order chi connectivity index (χ1) is 19.0. The van der Waals surface area contributed by atoms with Crippen molar-refractivity contribution in [2.75, 3.05) is 0 Å². The molecule has 0 radical (unpaired) electrons. The van der Waals surface area contributed by atoms with Crippen molar-refractivity contribution >= 4 is 5.91 Å². The van der Waals surface area contributed by atoms with E-state index in [9.17, 15) is 22.4 Å². The number of carbonyl (C=O) groups excluding carboxylic acids is 1. The Labute approximate surface area is 229 Å². The Kier molecular flexibility index (Phi) is 7.31. The average Bonchev–Trinajstić information content (AvgIpc) is 3.75. The number of nitrogens with one attached hydrogen (secondary N) is 2. The van der Waals surface area contributed by atoms with Crippen LogP contribution in [0.5, 0.6) is 0 Å². The van der Waals surface area contributed by atoms with Crippen molar-refractivity contribution in [2.45, 2.75) is 45.5 Å². The summed E-state index contributed by atoms with van der Waals surface area (Å²) in [6.07, 6.45) is -0.0492. The van der Waals surface area contributed by atoms with Gasteiger partial charge in [0.05, 0.1) is 6.04 Å². The Balaban J connectivity index is 1.56. The molecule has 2 aromatic heterocycles. The quantitative estimate of drug-likeness (QED) is 0.251. The maximum Gasteiger partial charge on any atom is 0.433 e. The molecular formula is C31H28F4N4O.